The van der Waals surface area contributed by atoms with E-state index >= 15 is 0 Å². The fourth-order valence-electron chi connectivity index (χ4n) is 2.20. The van der Waals surface area contributed by atoms with Gasteiger partial charge in [-0.25, -0.2) is 0 Å². The van der Waals surface area contributed by atoms with Gasteiger partial charge in [0.05, 0.1) is 13.2 Å². The van der Waals surface area contributed by atoms with Crippen LogP contribution < -0.4 is 14.8 Å². The zero-order chi connectivity index (χ0) is 12.4. The molecule has 0 aliphatic carbocycles. The fourth-order valence-corrected chi connectivity index (χ4v) is 2.20. The minimum atomic E-state index is -0.584. The highest BCUT2D eigenvalue weighted by molar-refractivity contribution is 5.49. The van der Waals surface area contributed by atoms with Gasteiger partial charge in [-0.15, -0.1) is 0 Å². The second-order valence-electron chi connectivity index (χ2n) is 4.41. The summed E-state index contributed by atoms with van der Waals surface area (Å²) in [5, 5.41) is 13.0. The predicted molar refractivity (Wildman–Crippen MR) is 65.7 cm³/mol. The Bertz CT molecular complexity index is 406. The quantitative estimate of drug-likeness (QED) is 0.828. The van der Waals surface area contributed by atoms with Crippen LogP contribution in [0.15, 0.2) is 12.1 Å². The third-order valence-electron chi connectivity index (χ3n) is 3.00. The van der Waals surface area contributed by atoms with Crippen LogP contribution in [0.25, 0.3) is 0 Å². The molecule has 4 nitrogen and oxygen atoms in total. The van der Waals surface area contributed by atoms with E-state index in [1.54, 1.807) is 7.11 Å². The average Bonchev–Trinajstić information content (AvgIpc) is 2.66. The van der Waals surface area contributed by atoms with Gasteiger partial charge in [-0.3, -0.25) is 0 Å². The number of likely N-dealkylation sites (N-methyl/N-ethyl adjacent to an activating group) is 1. The molecule has 2 N–H and O–H groups in total. The fraction of sp³-hybridized carbons (Fsp3) is 0.538. The molecule has 1 aliphatic rings. The number of hydrogen-bond acceptors (Lipinski definition) is 4. The van der Waals surface area contributed by atoms with Gasteiger partial charge in [0.25, 0.3) is 0 Å². The first-order chi connectivity index (χ1) is 8.15. The second kappa shape index (κ2) is 4.94. The molecule has 0 bridgehead atoms. The Balaban J connectivity index is 2.35. The third-order valence-corrected chi connectivity index (χ3v) is 3.00. The van der Waals surface area contributed by atoms with E-state index in [9.17, 15) is 5.11 Å². The highest BCUT2D eigenvalue weighted by Crippen LogP contribution is 2.37. The lowest BCUT2D eigenvalue weighted by atomic mass is 10.0. The van der Waals surface area contributed by atoms with Crippen molar-refractivity contribution in [2.45, 2.75) is 25.6 Å². The average molecular weight is 237 g/mol. The Hall–Kier alpha value is -1.26. The van der Waals surface area contributed by atoms with Gasteiger partial charge in [-0.05, 0) is 26.1 Å². The number of aliphatic hydroxyl groups is 1. The number of hydrogen-bond donors (Lipinski definition) is 2. The first kappa shape index (κ1) is 12.2. The molecule has 0 saturated heterocycles. The summed E-state index contributed by atoms with van der Waals surface area (Å²) in [6, 6.07) is 3.85. The third kappa shape index (κ3) is 2.37. The van der Waals surface area contributed by atoms with Crippen molar-refractivity contribution in [3.05, 3.63) is 23.3 Å². The molecular formula is C13H19NO3. The number of benzene rings is 1. The summed E-state index contributed by atoms with van der Waals surface area (Å²) in [4.78, 5) is 0. The minimum Gasteiger partial charge on any atom is -0.496 e. The van der Waals surface area contributed by atoms with Crippen LogP contribution in [0.4, 0.5) is 0 Å². The maximum absolute atomic E-state index is 10.0. The Morgan fingerprint density at radius 1 is 1.59 bits per heavy atom. The van der Waals surface area contributed by atoms with E-state index in [-0.39, 0.29) is 6.10 Å². The van der Waals surface area contributed by atoms with Crippen LogP contribution >= 0.6 is 0 Å². The van der Waals surface area contributed by atoms with Crippen molar-refractivity contribution < 1.29 is 14.6 Å². The molecule has 0 aromatic heterocycles. The van der Waals surface area contributed by atoms with E-state index in [1.807, 2.05) is 26.1 Å². The van der Waals surface area contributed by atoms with Gasteiger partial charge < -0.3 is 19.9 Å². The van der Waals surface area contributed by atoms with Gasteiger partial charge in [0.2, 0.25) is 0 Å². The van der Waals surface area contributed by atoms with Crippen molar-refractivity contribution in [2.75, 3.05) is 20.7 Å². The SMILES string of the molecule is CNCC(O)c1cc2c(cc1OC)CC(C)O2. The van der Waals surface area contributed by atoms with E-state index < -0.39 is 6.10 Å². The van der Waals surface area contributed by atoms with Crippen molar-refractivity contribution in [1.29, 1.82) is 0 Å². The molecule has 0 spiro atoms. The molecule has 4 heteroatoms. The standard InChI is InChI=1S/C13H19NO3/c1-8-4-9-5-13(16-3)10(6-12(9)17-8)11(15)7-14-2/h5-6,8,11,14-15H,4,7H2,1-3H3. The summed E-state index contributed by atoms with van der Waals surface area (Å²) in [5.41, 5.74) is 1.92. The molecule has 1 aromatic carbocycles. The maximum atomic E-state index is 10.0. The zero-order valence-electron chi connectivity index (χ0n) is 10.5. The second-order valence-corrected chi connectivity index (χ2v) is 4.41. The topological polar surface area (TPSA) is 50.7 Å². The van der Waals surface area contributed by atoms with E-state index in [0.29, 0.717) is 6.54 Å². The first-order valence-corrected chi connectivity index (χ1v) is 5.85. The Labute approximate surface area is 102 Å². The van der Waals surface area contributed by atoms with Crippen LogP contribution in [0.1, 0.15) is 24.2 Å². The van der Waals surface area contributed by atoms with Gasteiger partial charge >= 0.3 is 0 Å². The molecular weight excluding hydrogens is 218 g/mol. The van der Waals surface area contributed by atoms with E-state index in [0.717, 1.165) is 29.0 Å². The molecule has 0 radical (unpaired) electrons. The number of nitrogens with one attached hydrogen (secondary N) is 1. The van der Waals surface area contributed by atoms with Crippen LogP contribution in [-0.2, 0) is 6.42 Å². The summed E-state index contributed by atoms with van der Waals surface area (Å²) < 4.78 is 11.0. The molecule has 2 rings (SSSR count). The van der Waals surface area contributed by atoms with Crippen LogP contribution in [0.5, 0.6) is 11.5 Å². The monoisotopic (exact) mass is 237 g/mol. The van der Waals surface area contributed by atoms with Gasteiger partial charge in [0, 0.05) is 24.1 Å². The smallest absolute Gasteiger partial charge is 0.125 e. The lowest BCUT2D eigenvalue weighted by Gasteiger charge is -2.16. The number of ether oxygens (including phenoxy) is 2. The summed E-state index contributed by atoms with van der Waals surface area (Å²) >= 11 is 0. The zero-order valence-corrected chi connectivity index (χ0v) is 10.5. The highest BCUT2D eigenvalue weighted by atomic mass is 16.5. The number of methoxy groups -OCH3 is 1. The molecule has 1 heterocycles. The first-order valence-electron chi connectivity index (χ1n) is 5.85. The van der Waals surface area contributed by atoms with Crippen LogP contribution in [0.2, 0.25) is 0 Å². The Morgan fingerprint density at radius 3 is 3.00 bits per heavy atom. The van der Waals surface area contributed by atoms with Gasteiger partial charge in [0.1, 0.15) is 17.6 Å². The molecule has 17 heavy (non-hydrogen) atoms. The predicted octanol–water partition coefficient (Wildman–Crippen LogP) is 1.27. The minimum absolute atomic E-state index is 0.200. The summed E-state index contributed by atoms with van der Waals surface area (Å²) in [6.45, 7) is 2.53. The molecule has 2 atom stereocenters. The van der Waals surface area contributed by atoms with Crippen molar-refractivity contribution >= 4 is 0 Å². The molecule has 0 saturated carbocycles. The Kier molecular flexibility index (Phi) is 3.54. The molecule has 1 aromatic rings. The Morgan fingerprint density at radius 2 is 2.35 bits per heavy atom. The van der Waals surface area contributed by atoms with E-state index in [4.69, 9.17) is 9.47 Å². The largest absolute Gasteiger partial charge is 0.496 e. The maximum Gasteiger partial charge on any atom is 0.125 e. The van der Waals surface area contributed by atoms with Crippen LogP contribution in [-0.4, -0.2) is 31.9 Å². The van der Waals surface area contributed by atoms with Gasteiger partial charge in [-0.1, -0.05) is 0 Å². The van der Waals surface area contributed by atoms with E-state index in [2.05, 4.69) is 5.32 Å². The summed E-state index contributed by atoms with van der Waals surface area (Å²) in [5.74, 6) is 1.59. The number of fused-ring (bicyclic) bond motifs is 1. The van der Waals surface area contributed by atoms with Crippen molar-refractivity contribution in [2.24, 2.45) is 0 Å². The van der Waals surface area contributed by atoms with Crippen molar-refractivity contribution in [1.82, 2.24) is 5.32 Å². The van der Waals surface area contributed by atoms with Gasteiger partial charge in [0.15, 0.2) is 0 Å². The summed E-state index contributed by atoms with van der Waals surface area (Å²) in [7, 11) is 3.43. The van der Waals surface area contributed by atoms with Crippen LogP contribution in [0.3, 0.4) is 0 Å². The molecule has 0 amide bonds. The molecule has 1 aliphatic heterocycles. The van der Waals surface area contributed by atoms with Crippen molar-refractivity contribution in [3.8, 4) is 11.5 Å². The summed E-state index contributed by atoms with van der Waals surface area (Å²) in [6.07, 6.45) is 0.514. The highest BCUT2D eigenvalue weighted by Gasteiger charge is 2.23. The van der Waals surface area contributed by atoms with E-state index in [1.165, 1.54) is 0 Å². The van der Waals surface area contributed by atoms with Gasteiger partial charge in [-0.2, -0.15) is 0 Å². The molecule has 2 unspecified atom stereocenters. The van der Waals surface area contributed by atoms with Crippen molar-refractivity contribution in [3.63, 3.8) is 0 Å². The number of aliphatic hydroxyl groups excluding tert-OH is 1. The molecule has 94 valence electrons. The number of rotatable bonds is 4. The van der Waals surface area contributed by atoms with Crippen LogP contribution in [0, 0.1) is 0 Å². The lowest BCUT2D eigenvalue weighted by molar-refractivity contribution is 0.172. The lowest BCUT2D eigenvalue weighted by Crippen LogP contribution is -2.17. The normalized spacial score (nSPS) is 19.6. The molecule has 0 fully saturated rings.